The minimum absolute atomic E-state index is 0.613. The molecule has 0 aliphatic heterocycles. The van der Waals surface area contributed by atoms with Crippen LogP contribution in [0.5, 0.6) is 0 Å². The maximum Gasteiger partial charge on any atom is 0.0246 e. The summed E-state index contributed by atoms with van der Waals surface area (Å²) in [4.78, 5) is 2.51. The van der Waals surface area contributed by atoms with Gasteiger partial charge in [-0.3, -0.25) is 4.90 Å². The fourth-order valence-corrected chi connectivity index (χ4v) is 2.28. The minimum atomic E-state index is 0.613. The average Bonchev–Trinajstić information content (AvgIpc) is 2.96. The SMILES string of the molecule is CCC(CC)C(CN)N(C)C1CC1. The highest BCUT2D eigenvalue weighted by molar-refractivity contribution is 4.89. The summed E-state index contributed by atoms with van der Waals surface area (Å²) in [5, 5.41) is 0. The standard InChI is InChI=1S/C11H24N2/c1-4-9(5-2)11(8-12)13(3)10-6-7-10/h9-11H,4-8,12H2,1-3H3. The molecule has 13 heavy (non-hydrogen) atoms. The molecule has 0 spiro atoms. The second kappa shape index (κ2) is 4.97. The molecule has 0 saturated heterocycles. The first kappa shape index (κ1) is 11.0. The first-order valence-electron chi connectivity index (χ1n) is 5.66. The summed E-state index contributed by atoms with van der Waals surface area (Å²) in [5.74, 6) is 0.788. The zero-order valence-corrected chi connectivity index (χ0v) is 9.29. The Kier molecular flexibility index (Phi) is 4.20. The zero-order chi connectivity index (χ0) is 9.84. The van der Waals surface area contributed by atoms with Crippen molar-refractivity contribution in [3.05, 3.63) is 0 Å². The molecule has 1 aliphatic rings. The molecule has 0 aromatic carbocycles. The van der Waals surface area contributed by atoms with Gasteiger partial charge >= 0.3 is 0 Å². The Labute approximate surface area is 82.5 Å². The Morgan fingerprint density at radius 2 is 1.85 bits per heavy atom. The molecule has 1 rings (SSSR count). The van der Waals surface area contributed by atoms with Crippen molar-refractivity contribution in [3.63, 3.8) is 0 Å². The van der Waals surface area contributed by atoms with Crippen molar-refractivity contribution in [2.75, 3.05) is 13.6 Å². The van der Waals surface area contributed by atoms with Crippen LogP contribution in [-0.4, -0.2) is 30.6 Å². The van der Waals surface area contributed by atoms with Gasteiger partial charge in [-0.1, -0.05) is 26.7 Å². The van der Waals surface area contributed by atoms with Crippen LogP contribution in [-0.2, 0) is 0 Å². The first-order chi connectivity index (χ1) is 6.24. The van der Waals surface area contributed by atoms with Gasteiger partial charge in [-0.25, -0.2) is 0 Å². The van der Waals surface area contributed by atoms with Crippen LogP contribution in [0.2, 0.25) is 0 Å². The first-order valence-corrected chi connectivity index (χ1v) is 5.66. The van der Waals surface area contributed by atoms with Gasteiger partial charge in [0.05, 0.1) is 0 Å². The lowest BCUT2D eigenvalue weighted by molar-refractivity contribution is 0.164. The van der Waals surface area contributed by atoms with Crippen LogP contribution in [0.3, 0.4) is 0 Å². The minimum Gasteiger partial charge on any atom is -0.329 e. The van der Waals surface area contributed by atoms with Crippen LogP contribution in [0.25, 0.3) is 0 Å². The Balaban J connectivity index is 2.47. The predicted octanol–water partition coefficient (Wildman–Crippen LogP) is 1.84. The summed E-state index contributed by atoms with van der Waals surface area (Å²) >= 11 is 0. The van der Waals surface area contributed by atoms with Crippen LogP contribution in [0.1, 0.15) is 39.5 Å². The molecular weight excluding hydrogens is 160 g/mol. The summed E-state index contributed by atoms with van der Waals surface area (Å²) in [5.41, 5.74) is 5.85. The van der Waals surface area contributed by atoms with Gasteiger partial charge in [-0.2, -0.15) is 0 Å². The van der Waals surface area contributed by atoms with Gasteiger partial charge in [-0.15, -0.1) is 0 Å². The number of nitrogens with two attached hydrogens (primary N) is 1. The number of nitrogens with zero attached hydrogens (tertiary/aromatic N) is 1. The lowest BCUT2D eigenvalue weighted by Gasteiger charge is -2.33. The quantitative estimate of drug-likeness (QED) is 0.682. The van der Waals surface area contributed by atoms with Crippen LogP contribution in [0.15, 0.2) is 0 Å². The van der Waals surface area contributed by atoms with E-state index in [1.54, 1.807) is 0 Å². The molecule has 0 amide bonds. The molecule has 1 atom stereocenters. The number of likely N-dealkylation sites (N-methyl/N-ethyl adjacent to an activating group) is 1. The Morgan fingerprint density at radius 1 is 1.31 bits per heavy atom. The van der Waals surface area contributed by atoms with Gasteiger partial charge in [-0.05, 0) is 25.8 Å². The maximum absolute atomic E-state index is 5.85. The molecule has 1 saturated carbocycles. The molecule has 2 nitrogen and oxygen atoms in total. The Hall–Kier alpha value is -0.0800. The van der Waals surface area contributed by atoms with Crippen molar-refractivity contribution < 1.29 is 0 Å². The maximum atomic E-state index is 5.85. The largest absolute Gasteiger partial charge is 0.329 e. The molecular formula is C11H24N2. The van der Waals surface area contributed by atoms with Crippen LogP contribution < -0.4 is 5.73 Å². The summed E-state index contributed by atoms with van der Waals surface area (Å²) in [7, 11) is 2.24. The van der Waals surface area contributed by atoms with Crippen LogP contribution >= 0.6 is 0 Å². The topological polar surface area (TPSA) is 29.3 Å². The van der Waals surface area contributed by atoms with Crippen molar-refractivity contribution in [2.24, 2.45) is 11.7 Å². The second-order valence-corrected chi connectivity index (χ2v) is 4.28. The third-order valence-corrected chi connectivity index (χ3v) is 3.48. The Bertz CT molecular complexity index is 137. The number of rotatable bonds is 6. The lowest BCUT2D eigenvalue weighted by Crippen LogP contribution is -2.44. The lowest BCUT2D eigenvalue weighted by atomic mass is 9.93. The molecule has 0 radical (unpaired) electrons. The van der Waals surface area contributed by atoms with Crippen molar-refractivity contribution in [1.82, 2.24) is 4.90 Å². The van der Waals surface area contributed by atoms with Crippen molar-refractivity contribution >= 4 is 0 Å². The van der Waals surface area contributed by atoms with E-state index in [-0.39, 0.29) is 0 Å². The normalized spacial score (nSPS) is 19.8. The van der Waals surface area contributed by atoms with E-state index in [1.165, 1.54) is 25.7 Å². The van der Waals surface area contributed by atoms with Gasteiger partial charge < -0.3 is 5.73 Å². The zero-order valence-electron chi connectivity index (χ0n) is 9.29. The monoisotopic (exact) mass is 184 g/mol. The molecule has 0 aromatic rings. The molecule has 1 unspecified atom stereocenters. The molecule has 2 N–H and O–H groups in total. The van der Waals surface area contributed by atoms with Gasteiger partial charge in [0.25, 0.3) is 0 Å². The summed E-state index contributed by atoms with van der Waals surface area (Å²) < 4.78 is 0. The fourth-order valence-electron chi connectivity index (χ4n) is 2.28. The van der Waals surface area contributed by atoms with Crippen molar-refractivity contribution in [3.8, 4) is 0 Å². The molecule has 78 valence electrons. The van der Waals surface area contributed by atoms with Crippen molar-refractivity contribution in [1.29, 1.82) is 0 Å². The predicted molar refractivity (Wildman–Crippen MR) is 57.7 cm³/mol. The highest BCUT2D eigenvalue weighted by Gasteiger charge is 2.32. The Morgan fingerprint density at radius 3 is 2.15 bits per heavy atom. The van der Waals surface area contributed by atoms with E-state index >= 15 is 0 Å². The molecule has 0 bridgehead atoms. The molecule has 0 heterocycles. The van der Waals surface area contributed by atoms with E-state index in [4.69, 9.17) is 5.73 Å². The van der Waals surface area contributed by atoms with E-state index in [9.17, 15) is 0 Å². The molecule has 1 fully saturated rings. The van der Waals surface area contributed by atoms with E-state index in [2.05, 4.69) is 25.8 Å². The van der Waals surface area contributed by atoms with Crippen molar-refractivity contribution in [2.45, 2.75) is 51.6 Å². The van der Waals surface area contributed by atoms with E-state index in [0.29, 0.717) is 6.04 Å². The van der Waals surface area contributed by atoms with Gasteiger partial charge in [0.1, 0.15) is 0 Å². The third kappa shape index (κ3) is 2.68. The second-order valence-electron chi connectivity index (χ2n) is 4.28. The highest BCUT2D eigenvalue weighted by Crippen LogP contribution is 2.30. The van der Waals surface area contributed by atoms with Gasteiger partial charge in [0.2, 0.25) is 0 Å². The summed E-state index contributed by atoms with van der Waals surface area (Å²) in [6.45, 7) is 5.37. The molecule has 2 heteroatoms. The molecule has 1 aliphatic carbocycles. The smallest absolute Gasteiger partial charge is 0.0246 e. The van der Waals surface area contributed by atoms with Crippen LogP contribution in [0, 0.1) is 5.92 Å². The average molecular weight is 184 g/mol. The van der Waals surface area contributed by atoms with E-state index in [0.717, 1.165) is 18.5 Å². The summed E-state index contributed by atoms with van der Waals surface area (Å²) in [6.07, 6.45) is 5.28. The van der Waals surface area contributed by atoms with E-state index in [1.807, 2.05) is 0 Å². The molecule has 0 aromatic heterocycles. The van der Waals surface area contributed by atoms with E-state index < -0.39 is 0 Å². The highest BCUT2D eigenvalue weighted by atomic mass is 15.2. The number of hydrogen-bond acceptors (Lipinski definition) is 2. The summed E-state index contributed by atoms with van der Waals surface area (Å²) in [6, 6.07) is 1.46. The third-order valence-electron chi connectivity index (χ3n) is 3.48. The van der Waals surface area contributed by atoms with Gasteiger partial charge in [0, 0.05) is 18.6 Å². The van der Waals surface area contributed by atoms with Crippen LogP contribution in [0.4, 0.5) is 0 Å². The van der Waals surface area contributed by atoms with Gasteiger partial charge in [0.15, 0.2) is 0 Å². The number of hydrogen-bond donors (Lipinski definition) is 1. The fraction of sp³-hybridized carbons (Fsp3) is 1.00.